The minimum absolute atomic E-state index is 0.0473. The Morgan fingerprint density at radius 3 is 3.11 bits per heavy atom. The molecule has 3 rings (SSSR count). The largest absolute Gasteiger partial charge is 0.309 e. The van der Waals surface area contributed by atoms with Crippen LogP contribution in [0, 0.1) is 5.92 Å². The molecule has 2 aliphatic rings. The molecule has 0 aliphatic carbocycles. The maximum Gasteiger partial charge on any atom is 0.251 e. The second-order valence-corrected chi connectivity index (χ2v) is 4.49. The van der Waals surface area contributed by atoms with Crippen LogP contribution in [0.4, 0.5) is 5.69 Å². The van der Waals surface area contributed by atoms with Gasteiger partial charge in [-0.15, -0.1) is 0 Å². The molecule has 1 aromatic heterocycles. The average Bonchev–Trinajstić information content (AvgIpc) is 3.09. The van der Waals surface area contributed by atoms with Gasteiger partial charge in [0, 0.05) is 19.2 Å². The molecule has 0 spiro atoms. The lowest BCUT2D eigenvalue weighted by atomic mass is 10.1. The van der Waals surface area contributed by atoms with Crippen molar-refractivity contribution in [1.82, 2.24) is 15.3 Å². The number of aromatic nitrogens is 2. The highest BCUT2D eigenvalue weighted by atomic mass is 16.7. The lowest BCUT2D eigenvalue weighted by Crippen LogP contribution is -2.34. The zero-order valence-electron chi connectivity index (χ0n) is 9.83. The molecule has 96 valence electrons. The van der Waals surface area contributed by atoms with E-state index in [4.69, 9.17) is 4.84 Å². The van der Waals surface area contributed by atoms with Gasteiger partial charge in [0.15, 0.2) is 0 Å². The van der Waals surface area contributed by atoms with Gasteiger partial charge in [0.05, 0.1) is 31.0 Å². The molecule has 2 saturated heterocycles. The van der Waals surface area contributed by atoms with Crippen molar-refractivity contribution in [3.8, 4) is 0 Å². The number of anilines is 1. The fraction of sp³-hybridized carbons (Fsp3) is 0.545. The van der Waals surface area contributed by atoms with Crippen LogP contribution in [0.3, 0.4) is 0 Å². The summed E-state index contributed by atoms with van der Waals surface area (Å²) in [5.41, 5.74) is 0.706. The zero-order chi connectivity index (χ0) is 12.5. The Balaban J connectivity index is 1.70. The highest BCUT2D eigenvalue weighted by Crippen LogP contribution is 2.26. The molecule has 1 aromatic rings. The third kappa shape index (κ3) is 1.86. The molecule has 18 heavy (non-hydrogen) atoms. The summed E-state index contributed by atoms with van der Waals surface area (Å²) in [4.78, 5) is 30.8. The van der Waals surface area contributed by atoms with Gasteiger partial charge in [0.2, 0.25) is 5.91 Å². The number of amides is 2. The number of hydrogen-bond donors (Lipinski definition) is 1. The van der Waals surface area contributed by atoms with E-state index in [2.05, 4.69) is 10.2 Å². The van der Waals surface area contributed by atoms with Gasteiger partial charge in [-0.3, -0.25) is 19.5 Å². The number of nitrogens with zero attached hydrogens (tertiary/aromatic N) is 3. The summed E-state index contributed by atoms with van der Waals surface area (Å²) in [6, 6.07) is 0. The number of aromatic amines is 1. The van der Waals surface area contributed by atoms with E-state index in [1.54, 1.807) is 17.3 Å². The van der Waals surface area contributed by atoms with Gasteiger partial charge < -0.3 is 4.90 Å². The molecule has 0 radical (unpaired) electrons. The molecule has 1 atom stereocenters. The second kappa shape index (κ2) is 4.41. The van der Waals surface area contributed by atoms with Crippen molar-refractivity contribution in [1.29, 1.82) is 0 Å². The first-order valence-electron chi connectivity index (χ1n) is 5.99. The number of carbonyl (C=O) groups is 2. The van der Waals surface area contributed by atoms with Gasteiger partial charge in [-0.25, -0.2) is 5.06 Å². The van der Waals surface area contributed by atoms with Crippen LogP contribution in [-0.4, -0.2) is 46.8 Å². The fourth-order valence-electron chi connectivity index (χ4n) is 2.34. The average molecular weight is 250 g/mol. The van der Waals surface area contributed by atoms with E-state index in [1.807, 2.05) is 0 Å². The quantitative estimate of drug-likeness (QED) is 0.796. The topological polar surface area (TPSA) is 78.5 Å². The molecule has 3 heterocycles. The number of rotatable bonds is 2. The van der Waals surface area contributed by atoms with Crippen LogP contribution in [-0.2, 0) is 14.4 Å². The van der Waals surface area contributed by atoms with E-state index in [-0.39, 0.29) is 24.2 Å². The fourth-order valence-corrected chi connectivity index (χ4v) is 2.34. The highest BCUT2D eigenvalue weighted by Gasteiger charge is 2.38. The molecule has 1 unspecified atom stereocenters. The molecule has 0 saturated carbocycles. The van der Waals surface area contributed by atoms with Gasteiger partial charge in [-0.2, -0.15) is 5.10 Å². The number of hydrogen-bond acceptors (Lipinski definition) is 4. The Bertz CT molecular complexity index is 453. The Hall–Kier alpha value is -1.89. The van der Waals surface area contributed by atoms with Crippen molar-refractivity contribution < 1.29 is 14.4 Å². The third-order valence-electron chi connectivity index (χ3n) is 3.27. The lowest BCUT2D eigenvalue weighted by molar-refractivity contribution is -0.172. The van der Waals surface area contributed by atoms with Crippen molar-refractivity contribution in [2.75, 3.05) is 24.6 Å². The van der Waals surface area contributed by atoms with Crippen molar-refractivity contribution in [3.63, 3.8) is 0 Å². The van der Waals surface area contributed by atoms with Gasteiger partial charge in [0.25, 0.3) is 5.91 Å². The molecule has 0 bridgehead atoms. The molecule has 7 nitrogen and oxygen atoms in total. The van der Waals surface area contributed by atoms with Crippen LogP contribution >= 0.6 is 0 Å². The Morgan fingerprint density at radius 2 is 2.44 bits per heavy atom. The van der Waals surface area contributed by atoms with Crippen LogP contribution in [0.25, 0.3) is 0 Å². The summed E-state index contributed by atoms with van der Waals surface area (Å²) < 4.78 is 0. The van der Waals surface area contributed by atoms with Crippen LogP contribution in [0.5, 0.6) is 0 Å². The molecule has 2 aliphatic heterocycles. The van der Waals surface area contributed by atoms with Gasteiger partial charge >= 0.3 is 0 Å². The summed E-state index contributed by atoms with van der Waals surface area (Å²) in [6.45, 7) is 1.60. The first-order valence-corrected chi connectivity index (χ1v) is 5.99. The summed E-state index contributed by atoms with van der Waals surface area (Å²) in [7, 11) is 0. The molecule has 7 heteroatoms. The number of nitrogens with one attached hydrogen (secondary N) is 1. The second-order valence-electron chi connectivity index (χ2n) is 4.49. The van der Waals surface area contributed by atoms with Crippen molar-refractivity contribution in [2.24, 2.45) is 5.92 Å². The van der Waals surface area contributed by atoms with Crippen molar-refractivity contribution >= 4 is 17.5 Å². The smallest absolute Gasteiger partial charge is 0.251 e. The molecule has 2 fully saturated rings. The predicted molar refractivity (Wildman–Crippen MR) is 61.3 cm³/mol. The summed E-state index contributed by atoms with van der Waals surface area (Å²) >= 11 is 0. The highest BCUT2D eigenvalue weighted by molar-refractivity contribution is 6.00. The van der Waals surface area contributed by atoms with E-state index in [9.17, 15) is 9.59 Å². The Morgan fingerprint density at radius 1 is 1.56 bits per heavy atom. The monoisotopic (exact) mass is 250 g/mol. The third-order valence-corrected chi connectivity index (χ3v) is 3.27. The number of carbonyl (C=O) groups excluding carboxylic acids is 2. The normalized spacial score (nSPS) is 24.0. The minimum atomic E-state index is -0.314. The van der Waals surface area contributed by atoms with Crippen LogP contribution < -0.4 is 4.90 Å². The van der Waals surface area contributed by atoms with Gasteiger partial charge in [-0.1, -0.05) is 0 Å². The standard InChI is InChI=1S/C11H14N4O3/c16-10-4-8(11(17)15-2-1-3-18-15)7-14(10)9-5-12-13-6-9/h5-6,8H,1-4,7H2,(H,12,13). The maximum atomic E-state index is 12.1. The zero-order valence-corrected chi connectivity index (χ0v) is 9.83. The lowest BCUT2D eigenvalue weighted by Gasteiger charge is -2.18. The number of H-pyrrole nitrogens is 1. The SMILES string of the molecule is O=C(C1CC(=O)N(c2cn[nH]c2)C1)N1CCCO1. The minimum Gasteiger partial charge on any atom is -0.309 e. The predicted octanol–water partition coefficient (Wildman–Crippen LogP) is -0.0735. The van der Waals surface area contributed by atoms with Crippen LogP contribution in [0.15, 0.2) is 12.4 Å². The number of hydroxylamine groups is 2. The Kier molecular flexibility index (Phi) is 2.75. The molecule has 2 amide bonds. The maximum absolute atomic E-state index is 12.1. The Labute approximate surface area is 104 Å². The molecular formula is C11H14N4O3. The van der Waals surface area contributed by atoms with E-state index < -0.39 is 0 Å². The molecule has 1 N–H and O–H groups in total. The molecule has 0 aromatic carbocycles. The van der Waals surface area contributed by atoms with Gasteiger partial charge in [-0.05, 0) is 6.42 Å². The van der Waals surface area contributed by atoms with Crippen molar-refractivity contribution in [3.05, 3.63) is 12.4 Å². The van der Waals surface area contributed by atoms with Crippen LogP contribution in [0.1, 0.15) is 12.8 Å². The first-order chi connectivity index (χ1) is 8.75. The summed E-state index contributed by atoms with van der Waals surface area (Å²) in [5, 5.41) is 7.86. The van der Waals surface area contributed by atoms with Crippen LogP contribution in [0.2, 0.25) is 0 Å². The summed E-state index contributed by atoms with van der Waals surface area (Å²) in [6.07, 6.45) is 4.33. The van der Waals surface area contributed by atoms with E-state index in [0.717, 1.165) is 6.42 Å². The summed E-state index contributed by atoms with van der Waals surface area (Å²) in [5.74, 6) is -0.453. The van der Waals surface area contributed by atoms with Gasteiger partial charge in [0.1, 0.15) is 0 Å². The van der Waals surface area contributed by atoms with Crippen molar-refractivity contribution in [2.45, 2.75) is 12.8 Å². The van der Waals surface area contributed by atoms with E-state index in [1.165, 1.54) is 5.06 Å². The van der Waals surface area contributed by atoms with E-state index >= 15 is 0 Å². The first kappa shape index (κ1) is 11.2. The molecular weight excluding hydrogens is 236 g/mol. The van der Waals surface area contributed by atoms with E-state index in [0.29, 0.717) is 25.4 Å².